The number of para-hydroxylation sites is 1. The van der Waals surface area contributed by atoms with E-state index in [9.17, 15) is 10.1 Å². The molecule has 0 amide bonds. The van der Waals surface area contributed by atoms with Crippen LogP contribution in [0.3, 0.4) is 0 Å². The molecule has 19 heavy (non-hydrogen) atoms. The van der Waals surface area contributed by atoms with Crippen molar-refractivity contribution in [2.24, 2.45) is 0 Å². The highest BCUT2D eigenvalue weighted by Crippen LogP contribution is 2.39. The van der Waals surface area contributed by atoms with Crippen molar-refractivity contribution in [2.75, 3.05) is 36.1 Å². The fourth-order valence-electron chi connectivity index (χ4n) is 2.40. The molecule has 1 saturated heterocycles. The molecule has 0 aliphatic carbocycles. The van der Waals surface area contributed by atoms with Gasteiger partial charge in [0.2, 0.25) is 0 Å². The summed E-state index contributed by atoms with van der Waals surface area (Å²) in [7, 11) is 1.71. The van der Waals surface area contributed by atoms with Crippen LogP contribution in [0.5, 0.6) is 0 Å². The van der Waals surface area contributed by atoms with Crippen molar-refractivity contribution in [1.82, 2.24) is 0 Å². The van der Waals surface area contributed by atoms with Crippen molar-refractivity contribution in [1.29, 1.82) is 0 Å². The Bertz CT molecular complexity index is 491. The number of hydrogen-bond acceptors (Lipinski definition) is 5. The molecule has 6 heteroatoms. The molecule has 1 aliphatic rings. The number of hydrogen-bond donors (Lipinski definition) is 1. The van der Waals surface area contributed by atoms with E-state index >= 15 is 0 Å². The van der Waals surface area contributed by atoms with E-state index in [1.54, 1.807) is 13.1 Å². The molecule has 1 fully saturated rings. The normalized spacial score (nSPS) is 18.2. The van der Waals surface area contributed by atoms with Crippen molar-refractivity contribution in [3.63, 3.8) is 0 Å². The van der Waals surface area contributed by atoms with Crippen LogP contribution in [-0.4, -0.2) is 35.6 Å². The minimum atomic E-state index is -0.296. The number of nitro benzene ring substituents is 1. The zero-order chi connectivity index (χ0) is 14.0. The van der Waals surface area contributed by atoms with Gasteiger partial charge in [-0.15, -0.1) is 0 Å². The van der Waals surface area contributed by atoms with E-state index in [1.807, 2.05) is 23.9 Å². The summed E-state index contributed by atoms with van der Waals surface area (Å²) in [5.41, 5.74) is 1.46. The molecule has 1 aromatic rings. The maximum absolute atomic E-state index is 11.3. The molecule has 1 aliphatic heterocycles. The van der Waals surface area contributed by atoms with Crippen LogP contribution in [0.2, 0.25) is 0 Å². The molecule has 2 rings (SSSR count). The molecule has 104 valence electrons. The van der Waals surface area contributed by atoms with E-state index < -0.39 is 0 Å². The second-order valence-electron chi connectivity index (χ2n) is 5.21. The molecular weight excluding hydrogens is 262 g/mol. The quantitative estimate of drug-likeness (QED) is 0.682. The van der Waals surface area contributed by atoms with Gasteiger partial charge in [-0.1, -0.05) is 6.07 Å². The second kappa shape index (κ2) is 5.28. The molecule has 1 heterocycles. The van der Waals surface area contributed by atoms with E-state index in [2.05, 4.69) is 24.1 Å². The SMILES string of the molecule is CNc1cccc(N2CCSC(C)(C)C2)c1[N+](=O)[O-]. The van der Waals surface area contributed by atoms with Gasteiger partial charge >= 0.3 is 5.69 Å². The Morgan fingerprint density at radius 2 is 2.21 bits per heavy atom. The van der Waals surface area contributed by atoms with Gasteiger partial charge in [-0.05, 0) is 26.0 Å². The first-order chi connectivity index (χ1) is 8.94. The van der Waals surface area contributed by atoms with Crippen molar-refractivity contribution >= 4 is 28.8 Å². The Hall–Kier alpha value is -1.43. The Morgan fingerprint density at radius 3 is 2.79 bits per heavy atom. The summed E-state index contributed by atoms with van der Waals surface area (Å²) in [5, 5.41) is 14.2. The van der Waals surface area contributed by atoms with Crippen LogP contribution in [-0.2, 0) is 0 Å². The van der Waals surface area contributed by atoms with Crippen LogP contribution in [0.15, 0.2) is 18.2 Å². The van der Waals surface area contributed by atoms with Crippen LogP contribution < -0.4 is 10.2 Å². The molecule has 0 aromatic heterocycles. The van der Waals surface area contributed by atoms with E-state index in [0.29, 0.717) is 11.4 Å². The van der Waals surface area contributed by atoms with Gasteiger partial charge in [-0.25, -0.2) is 0 Å². The third-order valence-electron chi connectivity index (χ3n) is 3.23. The molecule has 1 aromatic carbocycles. The third kappa shape index (κ3) is 2.94. The lowest BCUT2D eigenvalue weighted by atomic mass is 10.1. The first-order valence-corrected chi connectivity index (χ1v) is 7.27. The molecular formula is C13H19N3O2S. The number of rotatable bonds is 3. The van der Waals surface area contributed by atoms with Crippen LogP contribution in [0.25, 0.3) is 0 Å². The van der Waals surface area contributed by atoms with Crippen LogP contribution in [0.1, 0.15) is 13.8 Å². The summed E-state index contributed by atoms with van der Waals surface area (Å²) >= 11 is 1.92. The number of anilines is 2. The highest BCUT2D eigenvalue weighted by molar-refractivity contribution is 8.00. The number of benzene rings is 1. The second-order valence-corrected chi connectivity index (χ2v) is 7.01. The third-order valence-corrected chi connectivity index (χ3v) is 4.53. The Kier molecular flexibility index (Phi) is 3.89. The van der Waals surface area contributed by atoms with Gasteiger partial charge in [0, 0.05) is 30.6 Å². The Morgan fingerprint density at radius 1 is 1.47 bits per heavy atom. The summed E-state index contributed by atoms with van der Waals surface area (Å²) < 4.78 is 0.127. The van der Waals surface area contributed by atoms with Crippen LogP contribution in [0, 0.1) is 10.1 Å². The fraction of sp³-hybridized carbons (Fsp3) is 0.538. The largest absolute Gasteiger partial charge is 0.382 e. The maximum Gasteiger partial charge on any atom is 0.315 e. The highest BCUT2D eigenvalue weighted by atomic mass is 32.2. The van der Waals surface area contributed by atoms with Crippen LogP contribution >= 0.6 is 11.8 Å². The van der Waals surface area contributed by atoms with Gasteiger partial charge in [0.25, 0.3) is 0 Å². The number of nitrogens with one attached hydrogen (secondary N) is 1. The topological polar surface area (TPSA) is 58.4 Å². The molecule has 0 atom stereocenters. The first-order valence-electron chi connectivity index (χ1n) is 6.29. The van der Waals surface area contributed by atoms with Gasteiger partial charge < -0.3 is 10.2 Å². The fourth-order valence-corrected chi connectivity index (χ4v) is 3.51. The minimum absolute atomic E-state index is 0.127. The monoisotopic (exact) mass is 281 g/mol. The first kappa shape index (κ1) is 14.0. The summed E-state index contributed by atoms with van der Waals surface area (Å²) in [5.74, 6) is 0.994. The average molecular weight is 281 g/mol. The predicted molar refractivity (Wildman–Crippen MR) is 81.4 cm³/mol. The minimum Gasteiger partial charge on any atom is -0.382 e. The number of thioether (sulfide) groups is 1. The predicted octanol–water partition coefficient (Wildman–Crippen LogP) is 2.97. The lowest BCUT2D eigenvalue weighted by Gasteiger charge is -2.38. The molecule has 0 saturated carbocycles. The lowest BCUT2D eigenvalue weighted by Crippen LogP contribution is -2.43. The van der Waals surface area contributed by atoms with Gasteiger partial charge in [0.1, 0.15) is 11.4 Å². The van der Waals surface area contributed by atoms with E-state index in [4.69, 9.17) is 0 Å². The maximum atomic E-state index is 11.3. The Balaban J connectivity index is 2.41. The molecule has 1 N–H and O–H groups in total. The Labute approximate surface area is 117 Å². The van der Waals surface area contributed by atoms with Gasteiger partial charge in [-0.2, -0.15) is 11.8 Å². The van der Waals surface area contributed by atoms with Crippen molar-refractivity contribution in [3.05, 3.63) is 28.3 Å². The van der Waals surface area contributed by atoms with Gasteiger partial charge in [0.05, 0.1) is 4.92 Å². The standard InChI is InChI=1S/C13H19N3O2S/c1-13(2)9-15(7-8-19-13)11-6-4-5-10(14-3)12(11)16(17)18/h4-6,14H,7-9H2,1-3H3. The number of nitro groups is 1. The highest BCUT2D eigenvalue weighted by Gasteiger charge is 2.31. The lowest BCUT2D eigenvalue weighted by molar-refractivity contribution is -0.383. The van der Waals surface area contributed by atoms with Crippen LogP contribution in [0.4, 0.5) is 17.1 Å². The van der Waals surface area contributed by atoms with Gasteiger partial charge in [-0.3, -0.25) is 10.1 Å². The number of nitrogens with zero attached hydrogens (tertiary/aromatic N) is 2. The summed E-state index contributed by atoms with van der Waals surface area (Å²) in [6.07, 6.45) is 0. The summed E-state index contributed by atoms with van der Waals surface area (Å²) in [6, 6.07) is 5.44. The van der Waals surface area contributed by atoms with E-state index in [0.717, 1.165) is 18.8 Å². The van der Waals surface area contributed by atoms with E-state index in [1.165, 1.54) is 0 Å². The van der Waals surface area contributed by atoms with Crippen molar-refractivity contribution in [3.8, 4) is 0 Å². The smallest absolute Gasteiger partial charge is 0.315 e. The molecule has 5 nitrogen and oxygen atoms in total. The molecule has 0 unspecified atom stereocenters. The van der Waals surface area contributed by atoms with E-state index in [-0.39, 0.29) is 15.4 Å². The molecule has 0 bridgehead atoms. The van der Waals surface area contributed by atoms with Crippen molar-refractivity contribution in [2.45, 2.75) is 18.6 Å². The van der Waals surface area contributed by atoms with Gasteiger partial charge in [0.15, 0.2) is 0 Å². The zero-order valence-electron chi connectivity index (χ0n) is 11.5. The zero-order valence-corrected chi connectivity index (χ0v) is 12.3. The molecule has 0 spiro atoms. The van der Waals surface area contributed by atoms with Crippen molar-refractivity contribution < 1.29 is 4.92 Å². The summed E-state index contributed by atoms with van der Waals surface area (Å²) in [4.78, 5) is 13.2. The average Bonchev–Trinajstić information content (AvgIpc) is 2.36. The summed E-state index contributed by atoms with van der Waals surface area (Å²) in [6.45, 7) is 6.03. The molecule has 0 radical (unpaired) electrons.